The molecule has 0 saturated carbocycles. The smallest absolute Gasteiger partial charge is 0.243 e. The van der Waals surface area contributed by atoms with E-state index >= 15 is 0 Å². The van der Waals surface area contributed by atoms with E-state index in [9.17, 15) is 13.2 Å². The third-order valence-electron chi connectivity index (χ3n) is 3.20. The quantitative estimate of drug-likeness (QED) is 0.722. The van der Waals surface area contributed by atoms with E-state index in [1.807, 2.05) is 13.8 Å². The van der Waals surface area contributed by atoms with Crippen molar-refractivity contribution < 1.29 is 13.2 Å². The molecule has 0 saturated heterocycles. The molecule has 0 aliphatic carbocycles. The highest BCUT2D eigenvalue weighted by molar-refractivity contribution is 7.89. The predicted molar refractivity (Wildman–Crippen MR) is 75.5 cm³/mol. The first kappa shape index (κ1) is 15.9. The van der Waals surface area contributed by atoms with Gasteiger partial charge in [-0.25, -0.2) is 8.42 Å². The SMILES string of the molecule is CCC[C@H](CC=O)N(C)S(=O)(=O)c1ccc(C)cc1. The number of carbonyl (C=O) groups excluding carboxylic acids is 1. The van der Waals surface area contributed by atoms with E-state index < -0.39 is 10.0 Å². The van der Waals surface area contributed by atoms with E-state index in [-0.39, 0.29) is 17.4 Å². The highest BCUT2D eigenvalue weighted by atomic mass is 32.2. The van der Waals surface area contributed by atoms with Gasteiger partial charge in [0.05, 0.1) is 4.90 Å². The summed E-state index contributed by atoms with van der Waals surface area (Å²) in [6.07, 6.45) is 2.53. The number of hydrogen-bond acceptors (Lipinski definition) is 3. The van der Waals surface area contributed by atoms with Gasteiger partial charge in [0, 0.05) is 19.5 Å². The maximum Gasteiger partial charge on any atom is 0.243 e. The molecule has 106 valence electrons. The monoisotopic (exact) mass is 283 g/mol. The van der Waals surface area contributed by atoms with Gasteiger partial charge in [-0.05, 0) is 25.5 Å². The number of rotatable bonds is 7. The van der Waals surface area contributed by atoms with Crippen molar-refractivity contribution in [2.24, 2.45) is 0 Å². The van der Waals surface area contributed by atoms with Crippen LogP contribution in [0.25, 0.3) is 0 Å². The molecule has 0 bridgehead atoms. The second-order valence-corrected chi connectivity index (χ2v) is 6.68. The number of sulfonamides is 1. The van der Waals surface area contributed by atoms with Crippen molar-refractivity contribution in [2.45, 2.75) is 44.0 Å². The Kier molecular flexibility index (Phi) is 5.69. The first-order valence-corrected chi connectivity index (χ1v) is 7.85. The summed E-state index contributed by atoms with van der Waals surface area (Å²) in [5, 5.41) is 0. The van der Waals surface area contributed by atoms with Crippen molar-refractivity contribution in [2.75, 3.05) is 7.05 Å². The normalized spacial score (nSPS) is 13.5. The summed E-state index contributed by atoms with van der Waals surface area (Å²) in [4.78, 5) is 11.0. The zero-order valence-electron chi connectivity index (χ0n) is 11.7. The molecule has 1 aromatic carbocycles. The van der Waals surface area contributed by atoms with Crippen molar-refractivity contribution in [3.63, 3.8) is 0 Å². The summed E-state index contributed by atoms with van der Waals surface area (Å²) in [6.45, 7) is 3.89. The molecule has 1 rings (SSSR count). The molecule has 5 heteroatoms. The molecule has 0 aliphatic rings. The number of hydrogen-bond donors (Lipinski definition) is 0. The molecule has 1 atom stereocenters. The fraction of sp³-hybridized carbons (Fsp3) is 0.500. The van der Waals surface area contributed by atoms with E-state index in [1.165, 1.54) is 4.31 Å². The van der Waals surface area contributed by atoms with Gasteiger partial charge in [0.15, 0.2) is 0 Å². The lowest BCUT2D eigenvalue weighted by atomic mass is 10.1. The number of benzene rings is 1. The summed E-state index contributed by atoms with van der Waals surface area (Å²) in [5.74, 6) is 0. The van der Waals surface area contributed by atoms with Gasteiger partial charge in [-0.3, -0.25) is 0 Å². The van der Waals surface area contributed by atoms with E-state index in [1.54, 1.807) is 31.3 Å². The van der Waals surface area contributed by atoms with E-state index in [4.69, 9.17) is 0 Å². The van der Waals surface area contributed by atoms with Crippen LogP contribution in [0.15, 0.2) is 29.2 Å². The van der Waals surface area contributed by atoms with Gasteiger partial charge in [0.1, 0.15) is 6.29 Å². The molecule has 0 radical (unpaired) electrons. The average molecular weight is 283 g/mol. The maximum atomic E-state index is 12.4. The Morgan fingerprint density at radius 3 is 2.32 bits per heavy atom. The van der Waals surface area contributed by atoms with Crippen LogP contribution in [0.1, 0.15) is 31.7 Å². The molecule has 0 aliphatic heterocycles. The first-order chi connectivity index (χ1) is 8.93. The minimum absolute atomic E-state index is 0.232. The van der Waals surface area contributed by atoms with Crippen molar-refractivity contribution >= 4 is 16.3 Å². The van der Waals surface area contributed by atoms with Crippen LogP contribution in [0.5, 0.6) is 0 Å². The van der Waals surface area contributed by atoms with Crippen LogP contribution >= 0.6 is 0 Å². The van der Waals surface area contributed by atoms with E-state index in [0.29, 0.717) is 6.42 Å². The molecule has 4 nitrogen and oxygen atoms in total. The summed E-state index contributed by atoms with van der Waals surface area (Å²) in [7, 11) is -1.98. The Hall–Kier alpha value is -1.20. The molecule has 0 fully saturated rings. The zero-order chi connectivity index (χ0) is 14.5. The average Bonchev–Trinajstić information content (AvgIpc) is 2.38. The minimum Gasteiger partial charge on any atom is -0.303 e. The van der Waals surface area contributed by atoms with Crippen molar-refractivity contribution in [3.8, 4) is 0 Å². The van der Waals surface area contributed by atoms with Gasteiger partial charge in [0.25, 0.3) is 0 Å². The van der Waals surface area contributed by atoms with E-state index in [0.717, 1.165) is 18.3 Å². The molecule has 0 amide bonds. The van der Waals surface area contributed by atoms with Crippen LogP contribution in [0, 0.1) is 6.92 Å². The Morgan fingerprint density at radius 1 is 1.26 bits per heavy atom. The van der Waals surface area contributed by atoms with Gasteiger partial charge in [-0.2, -0.15) is 4.31 Å². The molecule has 0 N–H and O–H groups in total. The second kappa shape index (κ2) is 6.82. The number of nitrogens with zero attached hydrogens (tertiary/aromatic N) is 1. The molecule has 0 heterocycles. The fourth-order valence-electron chi connectivity index (χ4n) is 1.97. The van der Waals surface area contributed by atoms with Crippen molar-refractivity contribution in [1.82, 2.24) is 4.31 Å². The van der Waals surface area contributed by atoms with Gasteiger partial charge >= 0.3 is 0 Å². The standard InChI is InChI=1S/C14H21NO3S/c1-4-5-13(10-11-16)15(3)19(17,18)14-8-6-12(2)7-9-14/h6-9,11,13H,4-5,10H2,1-3H3/t13-/m1/s1. The molecule has 1 aromatic rings. The maximum absolute atomic E-state index is 12.4. The molecular formula is C14H21NO3S. The van der Waals surface area contributed by atoms with Gasteiger partial charge in [0.2, 0.25) is 10.0 Å². The Morgan fingerprint density at radius 2 is 1.84 bits per heavy atom. The third kappa shape index (κ3) is 3.88. The second-order valence-electron chi connectivity index (χ2n) is 4.68. The van der Waals surface area contributed by atoms with Crippen LogP contribution in [0.2, 0.25) is 0 Å². The van der Waals surface area contributed by atoms with Gasteiger partial charge < -0.3 is 4.79 Å². The molecule has 19 heavy (non-hydrogen) atoms. The van der Waals surface area contributed by atoms with Gasteiger partial charge in [-0.1, -0.05) is 31.0 Å². The van der Waals surface area contributed by atoms with Crippen LogP contribution < -0.4 is 0 Å². The molecule has 0 unspecified atom stereocenters. The lowest BCUT2D eigenvalue weighted by molar-refractivity contribution is -0.108. The van der Waals surface area contributed by atoms with Crippen LogP contribution in [0.4, 0.5) is 0 Å². The van der Waals surface area contributed by atoms with Crippen LogP contribution in [-0.2, 0) is 14.8 Å². The Balaban J connectivity index is 3.03. The number of carbonyl (C=O) groups is 1. The summed E-state index contributed by atoms with van der Waals surface area (Å²) in [5.41, 5.74) is 1.01. The Labute approximate surface area is 115 Å². The Bertz CT molecular complexity index is 508. The summed E-state index contributed by atoms with van der Waals surface area (Å²) in [6, 6.07) is 6.48. The van der Waals surface area contributed by atoms with Crippen molar-refractivity contribution in [1.29, 1.82) is 0 Å². The number of aryl methyl sites for hydroxylation is 1. The van der Waals surface area contributed by atoms with Gasteiger partial charge in [-0.15, -0.1) is 0 Å². The summed E-state index contributed by atoms with van der Waals surface area (Å²) < 4.78 is 26.2. The van der Waals surface area contributed by atoms with E-state index in [2.05, 4.69) is 0 Å². The third-order valence-corrected chi connectivity index (χ3v) is 5.13. The van der Waals surface area contributed by atoms with Crippen LogP contribution in [-0.4, -0.2) is 32.1 Å². The highest BCUT2D eigenvalue weighted by Crippen LogP contribution is 2.20. The highest BCUT2D eigenvalue weighted by Gasteiger charge is 2.27. The zero-order valence-corrected chi connectivity index (χ0v) is 12.5. The fourth-order valence-corrected chi connectivity index (χ4v) is 3.36. The summed E-state index contributed by atoms with van der Waals surface area (Å²) >= 11 is 0. The lowest BCUT2D eigenvalue weighted by Crippen LogP contribution is -2.37. The molecular weight excluding hydrogens is 262 g/mol. The van der Waals surface area contributed by atoms with Crippen LogP contribution in [0.3, 0.4) is 0 Å². The first-order valence-electron chi connectivity index (χ1n) is 6.41. The predicted octanol–water partition coefficient (Wildman–Crippen LogP) is 2.37. The molecule has 0 aromatic heterocycles. The lowest BCUT2D eigenvalue weighted by Gasteiger charge is -2.25. The molecule has 0 spiro atoms. The topological polar surface area (TPSA) is 54.5 Å². The minimum atomic E-state index is -3.52. The number of aldehydes is 1. The largest absolute Gasteiger partial charge is 0.303 e. The van der Waals surface area contributed by atoms with Crippen molar-refractivity contribution in [3.05, 3.63) is 29.8 Å².